The lowest BCUT2D eigenvalue weighted by Crippen LogP contribution is -2.04. The van der Waals surface area contributed by atoms with Crippen molar-refractivity contribution in [3.8, 4) is 11.3 Å². The van der Waals surface area contributed by atoms with E-state index < -0.39 is 11.7 Å². The molecule has 0 aliphatic heterocycles. The summed E-state index contributed by atoms with van der Waals surface area (Å²) < 4.78 is 40.3. The molecule has 0 atom stereocenters. The molecule has 23 heavy (non-hydrogen) atoms. The summed E-state index contributed by atoms with van der Waals surface area (Å²) in [4.78, 5) is 5.39. The Bertz CT molecular complexity index is 833. The quantitative estimate of drug-likeness (QED) is 0.694. The van der Waals surface area contributed by atoms with Gasteiger partial charge in [-0.05, 0) is 31.5 Å². The molecule has 120 valence electrons. The molecule has 0 aliphatic carbocycles. The minimum Gasteiger partial charge on any atom is -0.266 e. The maximum atomic E-state index is 12.8. The topological polar surface area (TPSA) is 30.7 Å². The number of hydrogen-bond acceptors (Lipinski definition) is 3. The van der Waals surface area contributed by atoms with Crippen LogP contribution in [0.4, 0.5) is 13.2 Å². The second kappa shape index (κ2) is 5.81. The zero-order chi connectivity index (χ0) is 16.6. The van der Waals surface area contributed by atoms with Crippen molar-refractivity contribution in [2.75, 3.05) is 0 Å². The molecule has 0 spiro atoms. The zero-order valence-corrected chi connectivity index (χ0v) is 13.4. The Labute approximate surface area is 135 Å². The first kappa shape index (κ1) is 15.7. The second-order valence-electron chi connectivity index (χ2n) is 5.31. The number of nitrogens with zero attached hydrogens (tertiary/aromatic N) is 3. The van der Waals surface area contributed by atoms with E-state index in [0.29, 0.717) is 17.8 Å². The Morgan fingerprint density at radius 1 is 1.22 bits per heavy atom. The van der Waals surface area contributed by atoms with Gasteiger partial charge in [-0.25, -0.2) is 4.98 Å². The SMILES string of the molecule is Cc1cnn(Cc2nc(-c3cccc(C(F)(F)F)c3)c(C)s2)c1. The van der Waals surface area contributed by atoms with Crippen LogP contribution in [0.5, 0.6) is 0 Å². The number of halogens is 3. The molecule has 2 heterocycles. The van der Waals surface area contributed by atoms with Gasteiger partial charge in [0.05, 0.1) is 24.0 Å². The lowest BCUT2D eigenvalue weighted by Gasteiger charge is -2.07. The molecule has 3 nitrogen and oxygen atoms in total. The summed E-state index contributed by atoms with van der Waals surface area (Å²) in [5.41, 5.74) is 1.47. The first-order valence-corrected chi connectivity index (χ1v) is 7.77. The van der Waals surface area contributed by atoms with Gasteiger partial charge in [-0.1, -0.05) is 12.1 Å². The van der Waals surface area contributed by atoms with E-state index in [1.54, 1.807) is 16.9 Å². The average Bonchev–Trinajstić information content (AvgIpc) is 3.04. The molecule has 0 saturated carbocycles. The third-order valence-corrected chi connectivity index (χ3v) is 4.32. The summed E-state index contributed by atoms with van der Waals surface area (Å²) >= 11 is 1.47. The van der Waals surface area contributed by atoms with E-state index in [2.05, 4.69) is 10.1 Å². The van der Waals surface area contributed by atoms with E-state index >= 15 is 0 Å². The first-order chi connectivity index (χ1) is 10.8. The second-order valence-corrected chi connectivity index (χ2v) is 6.59. The first-order valence-electron chi connectivity index (χ1n) is 6.96. The molecule has 0 N–H and O–H groups in total. The normalized spacial score (nSPS) is 11.9. The molecule has 0 saturated heterocycles. The highest BCUT2D eigenvalue weighted by Crippen LogP contribution is 2.34. The highest BCUT2D eigenvalue weighted by molar-refractivity contribution is 7.12. The maximum absolute atomic E-state index is 12.8. The van der Waals surface area contributed by atoms with Gasteiger partial charge in [0.1, 0.15) is 5.01 Å². The van der Waals surface area contributed by atoms with Crippen LogP contribution in [0.1, 0.15) is 21.0 Å². The summed E-state index contributed by atoms with van der Waals surface area (Å²) in [6.07, 6.45) is -0.690. The Hall–Kier alpha value is -2.15. The number of hydrogen-bond donors (Lipinski definition) is 0. The van der Waals surface area contributed by atoms with Crippen LogP contribution in [-0.4, -0.2) is 14.8 Å². The van der Waals surface area contributed by atoms with Crippen molar-refractivity contribution >= 4 is 11.3 Å². The summed E-state index contributed by atoms with van der Waals surface area (Å²) in [7, 11) is 0. The van der Waals surface area contributed by atoms with E-state index in [9.17, 15) is 13.2 Å². The molecule has 0 radical (unpaired) electrons. The molecular formula is C16H14F3N3S. The van der Waals surface area contributed by atoms with Gasteiger partial charge in [0.15, 0.2) is 0 Å². The van der Waals surface area contributed by atoms with Gasteiger partial charge < -0.3 is 0 Å². The van der Waals surface area contributed by atoms with Crippen molar-refractivity contribution in [1.29, 1.82) is 0 Å². The van der Waals surface area contributed by atoms with Crippen LogP contribution in [0.3, 0.4) is 0 Å². The summed E-state index contributed by atoms with van der Waals surface area (Å²) in [6, 6.07) is 5.27. The number of benzene rings is 1. The maximum Gasteiger partial charge on any atom is 0.416 e. The largest absolute Gasteiger partial charge is 0.416 e. The van der Waals surface area contributed by atoms with E-state index in [1.807, 2.05) is 20.0 Å². The smallest absolute Gasteiger partial charge is 0.266 e. The Kier molecular flexibility index (Phi) is 3.97. The van der Waals surface area contributed by atoms with Crippen LogP contribution >= 0.6 is 11.3 Å². The molecule has 3 aromatic rings. The highest BCUT2D eigenvalue weighted by atomic mass is 32.1. The standard InChI is InChI=1S/C16H14F3N3S/c1-10-7-20-22(8-10)9-14-21-15(11(2)23-14)12-4-3-5-13(6-12)16(17,18)19/h3-8H,9H2,1-2H3. The van der Waals surface area contributed by atoms with Crippen LogP contribution in [-0.2, 0) is 12.7 Å². The van der Waals surface area contributed by atoms with Crippen molar-refractivity contribution in [3.63, 3.8) is 0 Å². The molecule has 0 fully saturated rings. The van der Waals surface area contributed by atoms with Gasteiger partial charge in [-0.15, -0.1) is 11.3 Å². The summed E-state index contributed by atoms with van der Waals surface area (Å²) in [6.45, 7) is 4.33. The van der Waals surface area contributed by atoms with Gasteiger partial charge in [0.25, 0.3) is 0 Å². The molecule has 1 aromatic carbocycles. The molecule has 7 heteroatoms. The molecular weight excluding hydrogens is 323 g/mol. The highest BCUT2D eigenvalue weighted by Gasteiger charge is 2.30. The average molecular weight is 337 g/mol. The number of thiazole rings is 1. The van der Waals surface area contributed by atoms with Crippen molar-refractivity contribution in [2.24, 2.45) is 0 Å². The van der Waals surface area contributed by atoms with Gasteiger partial charge in [0, 0.05) is 16.6 Å². The fourth-order valence-electron chi connectivity index (χ4n) is 2.32. The van der Waals surface area contributed by atoms with Crippen molar-refractivity contribution in [3.05, 3.63) is 57.7 Å². The minimum absolute atomic E-state index is 0.483. The predicted octanol–water partition coefficient (Wildman–Crippen LogP) is 4.69. The summed E-state index contributed by atoms with van der Waals surface area (Å²) in [5, 5.41) is 5.02. The lowest BCUT2D eigenvalue weighted by molar-refractivity contribution is -0.137. The number of aromatic nitrogens is 3. The van der Waals surface area contributed by atoms with Crippen molar-refractivity contribution in [2.45, 2.75) is 26.6 Å². The predicted molar refractivity (Wildman–Crippen MR) is 83.4 cm³/mol. The Morgan fingerprint density at radius 3 is 2.65 bits per heavy atom. The Morgan fingerprint density at radius 2 is 2.00 bits per heavy atom. The number of rotatable bonds is 3. The van der Waals surface area contributed by atoms with E-state index in [0.717, 1.165) is 27.6 Å². The molecule has 0 amide bonds. The fourth-order valence-corrected chi connectivity index (χ4v) is 3.27. The lowest BCUT2D eigenvalue weighted by atomic mass is 10.1. The van der Waals surface area contributed by atoms with Gasteiger partial charge in [-0.2, -0.15) is 18.3 Å². The number of alkyl halides is 3. The van der Waals surface area contributed by atoms with E-state index in [1.165, 1.54) is 17.4 Å². The van der Waals surface area contributed by atoms with Crippen LogP contribution in [0.15, 0.2) is 36.7 Å². The van der Waals surface area contributed by atoms with Gasteiger partial charge in [-0.3, -0.25) is 4.68 Å². The van der Waals surface area contributed by atoms with E-state index in [-0.39, 0.29) is 0 Å². The van der Waals surface area contributed by atoms with Gasteiger partial charge >= 0.3 is 6.18 Å². The Balaban J connectivity index is 1.92. The molecule has 3 rings (SSSR count). The third kappa shape index (κ3) is 3.44. The zero-order valence-electron chi connectivity index (χ0n) is 12.6. The van der Waals surface area contributed by atoms with Crippen LogP contribution in [0.25, 0.3) is 11.3 Å². The monoisotopic (exact) mass is 337 g/mol. The van der Waals surface area contributed by atoms with Crippen LogP contribution in [0.2, 0.25) is 0 Å². The van der Waals surface area contributed by atoms with E-state index in [4.69, 9.17) is 0 Å². The molecule has 0 unspecified atom stereocenters. The molecule has 2 aromatic heterocycles. The fraction of sp³-hybridized carbons (Fsp3) is 0.250. The molecule has 0 bridgehead atoms. The third-order valence-electron chi connectivity index (χ3n) is 3.36. The van der Waals surface area contributed by atoms with Crippen molar-refractivity contribution < 1.29 is 13.2 Å². The molecule has 0 aliphatic rings. The van der Waals surface area contributed by atoms with Crippen LogP contribution in [0, 0.1) is 13.8 Å². The van der Waals surface area contributed by atoms with Crippen LogP contribution < -0.4 is 0 Å². The number of aryl methyl sites for hydroxylation is 2. The van der Waals surface area contributed by atoms with Gasteiger partial charge in [0.2, 0.25) is 0 Å². The van der Waals surface area contributed by atoms with Crippen molar-refractivity contribution in [1.82, 2.24) is 14.8 Å². The summed E-state index contributed by atoms with van der Waals surface area (Å²) in [5.74, 6) is 0. The minimum atomic E-state index is -4.35.